The molecule has 1 saturated heterocycles. The van der Waals surface area contributed by atoms with E-state index in [1.54, 1.807) is 0 Å². The third-order valence-corrected chi connectivity index (χ3v) is 5.07. The summed E-state index contributed by atoms with van der Waals surface area (Å²) in [6.07, 6.45) is 4.32. The highest BCUT2D eigenvalue weighted by Gasteiger charge is 2.52. The van der Waals surface area contributed by atoms with Crippen molar-refractivity contribution >= 4 is 5.97 Å². The first-order valence-electron chi connectivity index (χ1n) is 8.20. The van der Waals surface area contributed by atoms with E-state index in [4.69, 9.17) is 0 Å². The normalized spacial score (nSPS) is 26.9. The summed E-state index contributed by atoms with van der Waals surface area (Å²) in [7, 11) is 0. The highest BCUT2D eigenvalue weighted by molar-refractivity contribution is 5.80. The predicted octanol–water partition coefficient (Wildman–Crippen LogP) is 2.20. The van der Waals surface area contributed by atoms with Crippen molar-refractivity contribution in [3.05, 3.63) is 0 Å². The highest BCUT2D eigenvalue weighted by Crippen LogP contribution is 2.41. The minimum Gasteiger partial charge on any atom is -0.480 e. The van der Waals surface area contributed by atoms with Crippen molar-refractivity contribution in [3.8, 4) is 0 Å². The van der Waals surface area contributed by atoms with Crippen LogP contribution in [0.25, 0.3) is 0 Å². The summed E-state index contributed by atoms with van der Waals surface area (Å²) in [5.41, 5.74) is -0.706. The van der Waals surface area contributed by atoms with Crippen LogP contribution < -0.4 is 5.32 Å². The van der Waals surface area contributed by atoms with Gasteiger partial charge < -0.3 is 15.3 Å². The van der Waals surface area contributed by atoms with Crippen molar-refractivity contribution in [1.29, 1.82) is 0 Å². The Hall–Kier alpha value is -0.610. The topological polar surface area (TPSA) is 52.6 Å². The van der Waals surface area contributed by atoms with Gasteiger partial charge in [0.15, 0.2) is 0 Å². The largest absolute Gasteiger partial charge is 0.480 e. The molecular formula is C16H30N2O2. The number of carboxylic acids is 1. The lowest BCUT2D eigenvalue weighted by atomic mass is 9.91. The van der Waals surface area contributed by atoms with Gasteiger partial charge in [-0.15, -0.1) is 0 Å². The minimum atomic E-state index is -0.706. The first-order chi connectivity index (χ1) is 9.49. The molecule has 0 radical (unpaired) electrons. The van der Waals surface area contributed by atoms with Gasteiger partial charge in [0, 0.05) is 13.1 Å². The zero-order chi connectivity index (χ0) is 14.8. The van der Waals surface area contributed by atoms with Crippen LogP contribution in [0.4, 0.5) is 0 Å². The molecule has 0 aromatic rings. The van der Waals surface area contributed by atoms with Crippen LogP contribution in [-0.2, 0) is 4.79 Å². The van der Waals surface area contributed by atoms with Gasteiger partial charge in [-0.1, -0.05) is 20.8 Å². The Morgan fingerprint density at radius 3 is 2.55 bits per heavy atom. The summed E-state index contributed by atoms with van der Waals surface area (Å²) in [5.74, 6) is 1.10. The smallest absolute Gasteiger partial charge is 0.325 e. The van der Waals surface area contributed by atoms with E-state index in [-0.39, 0.29) is 0 Å². The van der Waals surface area contributed by atoms with E-state index in [0.29, 0.717) is 18.4 Å². The number of carboxylic acid groups (broad SMARTS) is 1. The molecule has 0 bridgehead atoms. The van der Waals surface area contributed by atoms with Crippen molar-refractivity contribution in [2.24, 2.45) is 17.8 Å². The van der Waals surface area contributed by atoms with Crippen LogP contribution in [-0.4, -0.2) is 47.7 Å². The number of hydrogen-bond acceptors (Lipinski definition) is 3. The molecule has 1 saturated carbocycles. The van der Waals surface area contributed by atoms with Crippen molar-refractivity contribution in [2.45, 2.75) is 52.0 Å². The average molecular weight is 282 g/mol. The van der Waals surface area contributed by atoms with E-state index in [1.165, 1.54) is 6.42 Å². The molecule has 0 aromatic carbocycles. The molecule has 2 unspecified atom stereocenters. The second-order valence-corrected chi connectivity index (χ2v) is 7.01. The van der Waals surface area contributed by atoms with Gasteiger partial charge in [0.25, 0.3) is 0 Å². The minimum absolute atomic E-state index is 0.324. The van der Waals surface area contributed by atoms with E-state index in [1.807, 2.05) is 0 Å². The van der Waals surface area contributed by atoms with Gasteiger partial charge in [-0.25, -0.2) is 0 Å². The van der Waals surface area contributed by atoms with Gasteiger partial charge >= 0.3 is 5.97 Å². The van der Waals surface area contributed by atoms with E-state index < -0.39 is 11.5 Å². The molecule has 2 atom stereocenters. The van der Waals surface area contributed by atoms with Crippen LogP contribution in [0, 0.1) is 17.8 Å². The third kappa shape index (κ3) is 3.34. The van der Waals surface area contributed by atoms with Gasteiger partial charge in [-0.05, 0) is 56.5 Å². The monoisotopic (exact) mass is 282 g/mol. The molecule has 0 aromatic heterocycles. The van der Waals surface area contributed by atoms with E-state index >= 15 is 0 Å². The number of likely N-dealkylation sites (tertiary alicyclic amines) is 1. The summed E-state index contributed by atoms with van der Waals surface area (Å²) in [4.78, 5) is 14.3. The second-order valence-electron chi connectivity index (χ2n) is 7.01. The van der Waals surface area contributed by atoms with Crippen molar-refractivity contribution in [3.63, 3.8) is 0 Å². The molecule has 2 fully saturated rings. The van der Waals surface area contributed by atoms with Crippen molar-refractivity contribution in [1.82, 2.24) is 10.2 Å². The fourth-order valence-corrected chi connectivity index (χ4v) is 3.47. The molecule has 4 nitrogen and oxygen atoms in total. The number of nitrogens with zero attached hydrogens (tertiary/aromatic N) is 1. The van der Waals surface area contributed by atoms with Crippen LogP contribution in [0.1, 0.15) is 46.5 Å². The van der Waals surface area contributed by atoms with Crippen molar-refractivity contribution in [2.75, 3.05) is 26.2 Å². The fourth-order valence-electron chi connectivity index (χ4n) is 3.47. The van der Waals surface area contributed by atoms with E-state index in [9.17, 15) is 9.90 Å². The van der Waals surface area contributed by atoms with Crippen molar-refractivity contribution < 1.29 is 9.90 Å². The van der Waals surface area contributed by atoms with E-state index in [2.05, 4.69) is 31.0 Å². The Labute approximate surface area is 122 Å². The Balaban J connectivity index is 2.02. The predicted molar refractivity (Wildman–Crippen MR) is 80.8 cm³/mol. The van der Waals surface area contributed by atoms with Gasteiger partial charge in [-0.2, -0.15) is 0 Å². The standard InChI is InChI=1S/C16H30N2O2/c1-4-8-17-16(15(19)20,14-5-6-14)11-18-9-7-13(10-18)12(2)3/h12-14,17H,4-11H2,1-3H3,(H,19,20). The lowest BCUT2D eigenvalue weighted by molar-refractivity contribution is -0.147. The van der Waals surface area contributed by atoms with Crippen LogP contribution in [0.2, 0.25) is 0 Å². The highest BCUT2D eigenvalue weighted by atomic mass is 16.4. The van der Waals surface area contributed by atoms with E-state index in [0.717, 1.165) is 44.8 Å². The maximum Gasteiger partial charge on any atom is 0.325 e. The Kier molecular flexibility index (Phi) is 5.08. The number of aliphatic carboxylic acids is 1. The fraction of sp³-hybridized carbons (Fsp3) is 0.938. The molecule has 4 heteroatoms. The number of nitrogens with one attached hydrogen (secondary N) is 1. The SMILES string of the molecule is CCCNC(CN1CCC(C(C)C)C1)(C(=O)O)C1CC1. The first-order valence-corrected chi connectivity index (χ1v) is 8.20. The van der Waals surface area contributed by atoms with Crippen LogP contribution in [0.3, 0.4) is 0 Å². The van der Waals surface area contributed by atoms with Crippen LogP contribution in [0.15, 0.2) is 0 Å². The molecule has 2 rings (SSSR count). The zero-order valence-corrected chi connectivity index (χ0v) is 13.2. The van der Waals surface area contributed by atoms with Gasteiger partial charge in [0.05, 0.1) is 0 Å². The van der Waals surface area contributed by atoms with Crippen LogP contribution >= 0.6 is 0 Å². The average Bonchev–Trinajstić information content (AvgIpc) is 3.14. The summed E-state index contributed by atoms with van der Waals surface area (Å²) < 4.78 is 0. The summed E-state index contributed by atoms with van der Waals surface area (Å²) in [6.45, 7) is 10.2. The summed E-state index contributed by atoms with van der Waals surface area (Å²) in [5, 5.41) is 13.2. The molecule has 0 amide bonds. The number of rotatable bonds is 8. The lowest BCUT2D eigenvalue weighted by Crippen LogP contribution is -2.60. The molecule has 1 aliphatic carbocycles. The van der Waals surface area contributed by atoms with Gasteiger partial charge in [-0.3, -0.25) is 4.79 Å². The third-order valence-electron chi connectivity index (χ3n) is 5.07. The van der Waals surface area contributed by atoms with Gasteiger partial charge in [0.1, 0.15) is 5.54 Å². The summed E-state index contributed by atoms with van der Waals surface area (Å²) >= 11 is 0. The molecule has 2 aliphatic rings. The summed E-state index contributed by atoms with van der Waals surface area (Å²) in [6, 6.07) is 0. The maximum absolute atomic E-state index is 11.9. The number of hydrogen-bond donors (Lipinski definition) is 2. The molecule has 116 valence electrons. The Morgan fingerprint density at radius 1 is 1.40 bits per heavy atom. The first kappa shape index (κ1) is 15.8. The molecule has 1 aliphatic heterocycles. The van der Waals surface area contributed by atoms with Gasteiger partial charge in [0.2, 0.25) is 0 Å². The Morgan fingerprint density at radius 2 is 2.10 bits per heavy atom. The molecule has 2 N–H and O–H groups in total. The number of carbonyl (C=O) groups is 1. The zero-order valence-electron chi connectivity index (χ0n) is 13.2. The Bertz CT molecular complexity index is 341. The lowest BCUT2D eigenvalue weighted by Gasteiger charge is -2.35. The molecule has 1 heterocycles. The second kappa shape index (κ2) is 6.44. The maximum atomic E-state index is 11.9. The molecular weight excluding hydrogens is 252 g/mol. The molecule has 20 heavy (non-hydrogen) atoms. The quantitative estimate of drug-likeness (QED) is 0.716. The van der Waals surface area contributed by atoms with Crippen LogP contribution in [0.5, 0.6) is 0 Å². The molecule has 0 spiro atoms.